The van der Waals surface area contributed by atoms with Crippen LogP contribution >= 0.6 is 0 Å². The average molecular weight is 396 g/mol. The predicted molar refractivity (Wildman–Crippen MR) is 124 cm³/mol. The summed E-state index contributed by atoms with van der Waals surface area (Å²) >= 11 is 0. The molecule has 1 radical (unpaired) electrons. The van der Waals surface area contributed by atoms with Crippen LogP contribution in [0.2, 0.25) is 0 Å². The largest absolute Gasteiger partial charge is 0.385 e. The van der Waals surface area contributed by atoms with E-state index in [1.165, 1.54) is 128 Å². The van der Waals surface area contributed by atoms with Gasteiger partial charge in [-0.3, -0.25) is 4.79 Å². The van der Waals surface area contributed by atoms with E-state index in [0.29, 0.717) is 6.42 Å². The molecule has 0 saturated carbocycles. The lowest BCUT2D eigenvalue weighted by atomic mass is 10.0. The summed E-state index contributed by atoms with van der Waals surface area (Å²) in [7, 11) is 0. The summed E-state index contributed by atoms with van der Waals surface area (Å²) in [6, 6.07) is 0. The normalized spacial score (nSPS) is 12.4. The van der Waals surface area contributed by atoms with Crippen molar-refractivity contribution in [1.82, 2.24) is 0 Å². The topological polar surface area (TPSA) is 37.3 Å². The minimum atomic E-state index is -0.856. The summed E-state index contributed by atoms with van der Waals surface area (Å²) in [5, 5.41) is 9.10. The fraction of sp³-hybridized carbons (Fsp3) is 0.962. The van der Waals surface area contributed by atoms with Gasteiger partial charge in [-0.2, -0.15) is 0 Å². The molecule has 2 heteroatoms. The molecular weight excluding hydrogens is 344 g/mol. The molecule has 1 unspecified atom stereocenters. The number of aliphatic hydroxyl groups excluding tert-OH is 1. The van der Waals surface area contributed by atoms with Crippen molar-refractivity contribution in [3.05, 3.63) is 0 Å². The molecule has 167 valence electrons. The third kappa shape index (κ3) is 23.7. The van der Waals surface area contributed by atoms with Crippen LogP contribution in [0.1, 0.15) is 155 Å². The molecule has 0 saturated heterocycles. The van der Waals surface area contributed by atoms with Crippen LogP contribution in [0.3, 0.4) is 0 Å². The zero-order valence-electron chi connectivity index (χ0n) is 19.2. The molecule has 2 nitrogen and oxygen atoms in total. The van der Waals surface area contributed by atoms with Gasteiger partial charge in [0.05, 0.1) is 0 Å². The number of aliphatic hydroxyl groups is 1. The van der Waals surface area contributed by atoms with Crippen molar-refractivity contribution in [3.63, 3.8) is 0 Å². The van der Waals surface area contributed by atoms with Crippen molar-refractivity contribution < 1.29 is 9.90 Å². The Morgan fingerprint density at radius 1 is 0.500 bits per heavy atom. The number of hydrogen-bond donors (Lipinski definition) is 1. The molecular formula is C26H51O2. The fourth-order valence-electron chi connectivity index (χ4n) is 4.01. The van der Waals surface area contributed by atoms with Gasteiger partial charge in [-0.25, -0.2) is 0 Å². The average Bonchev–Trinajstić information content (AvgIpc) is 2.71. The maximum absolute atomic E-state index is 10.2. The molecule has 28 heavy (non-hydrogen) atoms. The Morgan fingerprint density at radius 3 is 1.00 bits per heavy atom. The Labute approximate surface area is 177 Å². The Kier molecular flexibility index (Phi) is 24.3. The second-order valence-corrected chi connectivity index (χ2v) is 8.85. The lowest BCUT2D eigenvalue weighted by molar-refractivity contribution is 0.219. The van der Waals surface area contributed by atoms with Crippen molar-refractivity contribution >= 4 is 6.29 Å². The van der Waals surface area contributed by atoms with Gasteiger partial charge in [-0.15, -0.1) is 0 Å². The minimum absolute atomic E-state index is 0.586. The van der Waals surface area contributed by atoms with E-state index in [-0.39, 0.29) is 0 Å². The summed E-state index contributed by atoms with van der Waals surface area (Å²) in [6.07, 6.45) is 31.8. The standard InChI is InChI=1S/C26H51O2/c1-2-3-4-5-6-7-8-9-10-11-12-13-14-15-16-17-18-19-20-21-22-23-24-26(28)25-27/h26,28H,2-24H2,1H3. The van der Waals surface area contributed by atoms with Crippen LogP contribution in [0.4, 0.5) is 0 Å². The van der Waals surface area contributed by atoms with Gasteiger partial charge in [0.2, 0.25) is 6.29 Å². The highest BCUT2D eigenvalue weighted by atomic mass is 16.3. The van der Waals surface area contributed by atoms with E-state index in [1.54, 1.807) is 6.29 Å². The van der Waals surface area contributed by atoms with Gasteiger partial charge < -0.3 is 5.11 Å². The smallest absolute Gasteiger partial charge is 0.229 e. The molecule has 1 N–H and O–H groups in total. The van der Waals surface area contributed by atoms with Crippen molar-refractivity contribution in [3.8, 4) is 0 Å². The van der Waals surface area contributed by atoms with E-state index in [2.05, 4.69) is 6.92 Å². The SMILES string of the molecule is CCCCCCCCCCCCCCCCCCCCCCCCC(O)[C]=O. The maximum atomic E-state index is 10.2. The monoisotopic (exact) mass is 395 g/mol. The Balaban J connectivity index is 3.00. The highest BCUT2D eigenvalue weighted by Crippen LogP contribution is 2.15. The molecule has 0 aromatic heterocycles. The van der Waals surface area contributed by atoms with Crippen molar-refractivity contribution in [2.24, 2.45) is 0 Å². The molecule has 0 rings (SSSR count). The van der Waals surface area contributed by atoms with Gasteiger partial charge in [-0.05, 0) is 6.42 Å². The van der Waals surface area contributed by atoms with E-state index in [0.717, 1.165) is 12.8 Å². The molecule has 0 bridgehead atoms. The first-order valence-electron chi connectivity index (χ1n) is 12.9. The zero-order valence-corrected chi connectivity index (χ0v) is 19.2. The molecule has 0 aromatic rings. The van der Waals surface area contributed by atoms with E-state index in [1.807, 2.05) is 0 Å². The summed E-state index contributed by atoms with van der Waals surface area (Å²) in [4.78, 5) is 10.2. The minimum Gasteiger partial charge on any atom is -0.385 e. The molecule has 0 aliphatic heterocycles. The molecule has 0 fully saturated rings. The van der Waals surface area contributed by atoms with E-state index in [4.69, 9.17) is 5.11 Å². The second kappa shape index (κ2) is 24.7. The van der Waals surface area contributed by atoms with Crippen molar-refractivity contribution in [2.75, 3.05) is 0 Å². The molecule has 0 aliphatic carbocycles. The first-order valence-corrected chi connectivity index (χ1v) is 12.9. The van der Waals surface area contributed by atoms with Crippen LogP contribution in [-0.2, 0) is 4.79 Å². The number of carbonyl (C=O) groups excluding carboxylic acids is 1. The van der Waals surface area contributed by atoms with Crippen LogP contribution < -0.4 is 0 Å². The Morgan fingerprint density at radius 2 is 0.750 bits per heavy atom. The zero-order chi connectivity index (χ0) is 20.5. The third-order valence-electron chi connectivity index (χ3n) is 5.97. The quantitative estimate of drug-likeness (QED) is 0.166. The third-order valence-corrected chi connectivity index (χ3v) is 5.97. The highest BCUT2D eigenvalue weighted by Gasteiger charge is 2.01. The van der Waals surface area contributed by atoms with Crippen LogP contribution in [0.15, 0.2) is 0 Å². The predicted octanol–water partition coefficient (Wildman–Crippen LogP) is 8.45. The lowest BCUT2D eigenvalue weighted by Crippen LogP contribution is -2.06. The fourth-order valence-corrected chi connectivity index (χ4v) is 4.01. The number of rotatable bonds is 24. The summed E-state index contributed by atoms with van der Waals surface area (Å²) in [6.45, 7) is 2.29. The van der Waals surface area contributed by atoms with Gasteiger partial charge in [0.25, 0.3) is 0 Å². The van der Waals surface area contributed by atoms with Gasteiger partial charge in [0, 0.05) is 0 Å². The van der Waals surface area contributed by atoms with Crippen LogP contribution in [0.5, 0.6) is 0 Å². The molecule has 0 aliphatic rings. The molecule has 1 atom stereocenters. The first-order chi connectivity index (χ1) is 13.8. The summed E-state index contributed by atoms with van der Waals surface area (Å²) < 4.78 is 0. The van der Waals surface area contributed by atoms with Crippen LogP contribution in [0.25, 0.3) is 0 Å². The maximum Gasteiger partial charge on any atom is 0.229 e. The van der Waals surface area contributed by atoms with Gasteiger partial charge in [0.15, 0.2) is 0 Å². The molecule has 0 spiro atoms. The highest BCUT2D eigenvalue weighted by molar-refractivity contribution is 5.56. The molecule has 0 aromatic carbocycles. The number of unbranched alkanes of at least 4 members (excludes halogenated alkanes) is 21. The van der Waals surface area contributed by atoms with Gasteiger partial charge in [-0.1, -0.05) is 148 Å². The van der Waals surface area contributed by atoms with Gasteiger partial charge in [0.1, 0.15) is 6.10 Å². The summed E-state index contributed by atoms with van der Waals surface area (Å²) in [5.41, 5.74) is 0. The first kappa shape index (κ1) is 27.6. The van der Waals surface area contributed by atoms with Crippen molar-refractivity contribution in [1.29, 1.82) is 0 Å². The summed E-state index contributed by atoms with van der Waals surface area (Å²) in [5.74, 6) is 0. The van der Waals surface area contributed by atoms with Crippen LogP contribution in [0, 0.1) is 0 Å². The van der Waals surface area contributed by atoms with Crippen LogP contribution in [-0.4, -0.2) is 17.5 Å². The Bertz CT molecular complexity index is 290. The van der Waals surface area contributed by atoms with Crippen molar-refractivity contribution in [2.45, 2.75) is 161 Å². The van der Waals surface area contributed by atoms with Gasteiger partial charge >= 0.3 is 0 Å². The van der Waals surface area contributed by atoms with E-state index < -0.39 is 6.10 Å². The van der Waals surface area contributed by atoms with E-state index >= 15 is 0 Å². The second-order valence-electron chi connectivity index (χ2n) is 8.85. The molecule has 0 amide bonds. The van der Waals surface area contributed by atoms with E-state index in [9.17, 15) is 4.79 Å². The Hall–Kier alpha value is -0.370. The lowest BCUT2D eigenvalue weighted by Gasteiger charge is -2.04. The molecule has 0 heterocycles. The number of hydrogen-bond acceptors (Lipinski definition) is 2.